The third kappa shape index (κ3) is 4.94. The lowest BCUT2D eigenvalue weighted by Crippen LogP contribution is -2.50. The zero-order valence-corrected chi connectivity index (χ0v) is 22.2. The normalized spacial score (nSPS) is 13.4. The third-order valence-electron chi connectivity index (χ3n) is 7.34. The van der Waals surface area contributed by atoms with E-state index in [9.17, 15) is 9.59 Å². The Morgan fingerprint density at radius 3 is 1.97 bits per heavy atom. The number of rotatable bonds is 6. The smallest absolute Gasteiger partial charge is 0.255 e. The van der Waals surface area contributed by atoms with E-state index in [1.54, 1.807) is 7.11 Å². The summed E-state index contributed by atoms with van der Waals surface area (Å²) >= 11 is 0. The lowest BCUT2D eigenvalue weighted by Gasteiger charge is -2.35. The molecule has 6 nitrogen and oxygen atoms in total. The largest absolute Gasteiger partial charge is 0.497 e. The molecule has 1 fully saturated rings. The molecule has 2 amide bonds. The molecular formula is C32H33N3O3. The summed E-state index contributed by atoms with van der Waals surface area (Å²) in [5, 5.41) is 0. The van der Waals surface area contributed by atoms with Crippen molar-refractivity contribution in [3.63, 3.8) is 0 Å². The molecule has 1 aromatic heterocycles. The summed E-state index contributed by atoms with van der Waals surface area (Å²) in [7, 11) is 1.65. The molecule has 0 atom stereocenters. The minimum Gasteiger partial charge on any atom is -0.497 e. The second-order valence-corrected chi connectivity index (χ2v) is 9.56. The minimum atomic E-state index is -0.00802. The maximum absolute atomic E-state index is 13.8. The van der Waals surface area contributed by atoms with Gasteiger partial charge in [0, 0.05) is 43.1 Å². The van der Waals surface area contributed by atoms with Crippen LogP contribution in [0.3, 0.4) is 0 Å². The molecule has 0 bridgehead atoms. The van der Waals surface area contributed by atoms with E-state index < -0.39 is 0 Å². The third-order valence-corrected chi connectivity index (χ3v) is 7.34. The van der Waals surface area contributed by atoms with Gasteiger partial charge in [0.05, 0.1) is 18.4 Å². The van der Waals surface area contributed by atoms with Crippen LogP contribution >= 0.6 is 0 Å². The van der Waals surface area contributed by atoms with Crippen molar-refractivity contribution >= 4 is 11.8 Å². The summed E-state index contributed by atoms with van der Waals surface area (Å²) in [5.41, 5.74) is 6.42. The number of piperazine rings is 1. The first-order chi connectivity index (χ1) is 18.5. The molecule has 38 heavy (non-hydrogen) atoms. The number of nitrogens with zero attached hydrogens (tertiary/aromatic N) is 3. The van der Waals surface area contributed by atoms with Crippen molar-refractivity contribution in [2.24, 2.45) is 0 Å². The van der Waals surface area contributed by atoms with E-state index in [2.05, 4.69) is 11.5 Å². The van der Waals surface area contributed by atoms with E-state index in [1.165, 1.54) is 5.56 Å². The van der Waals surface area contributed by atoms with Crippen molar-refractivity contribution in [1.82, 2.24) is 14.4 Å². The molecule has 6 heteroatoms. The summed E-state index contributed by atoms with van der Waals surface area (Å²) in [4.78, 5) is 30.5. The van der Waals surface area contributed by atoms with Gasteiger partial charge in [0.2, 0.25) is 0 Å². The molecule has 0 spiro atoms. The Morgan fingerprint density at radius 2 is 1.39 bits per heavy atom. The van der Waals surface area contributed by atoms with Crippen molar-refractivity contribution < 1.29 is 14.3 Å². The molecule has 0 radical (unpaired) electrons. The maximum Gasteiger partial charge on any atom is 0.255 e. The number of carbonyl (C=O) groups excluding carboxylic acids is 2. The SMILES string of the molecule is CCc1ccc(C(=O)N2CCN(C(=O)c3cc(-c4ccc(OC)cc4)n(-c4ccccc4)c3C)CC2)cc1. The van der Waals surface area contributed by atoms with E-state index in [1.807, 2.05) is 102 Å². The fourth-order valence-electron chi connectivity index (χ4n) is 5.06. The van der Waals surface area contributed by atoms with Gasteiger partial charge >= 0.3 is 0 Å². The number of aryl methyl sites for hydroxylation is 1. The van der Waals surface area contributed by atoms with Crippen molar-refractivity contribution in [1.29, 1.82) is 0 Å². The van der Waals surface area contributed by atoms with Crippen LogP contribution in [0, 0.1) is 6.92 Å². The summed E-state index contributed by atoms with van der Waals surface area (Å²) in [5.74, 6) is 0.799. The molecule has 1 aliphatic heterocycles. The number of hydrogen-bond acceptors (Lipinski definition) is 3. The zero-order valence-electron chi connectivity index (χ0n) is 22.2. The van der Waals surface area contributed by atoms with Crippen molar-refractivity contribution in [2.75, 3.05) is 33.3 Å². The van der Waals surface area contributed by atoms with Crippen LogP contribution in [0.1, 0.15) is 38.9 Å². The monoisotopic (exact) mass is 507 g/mol. The quantitative estimate of drug-likeness (QED) is 0.340. The van der Waals surface area contributed by atoms with Gasteiger partial charge in [-0.2, -0.15) is 0 Å². The summed E-state index contributed by atoms with van der Waals surface area (Å²) in [6.45, 7) is 6.14. The molecular weight excluding hydrogens is 474 g/mol. The molecule has 194 valence electrons. The Bertz CT molecular complexity index is 1420. The van der Waals surface area contributed by atoms with Crippen LogP contribution in [-0.2, 0) is 6.42 Å². The highest BCUT2D eigenvalue weighted by atomic mass is 16.5. The maximum atomic E-state index is 13.8. The van der Waals surface area contributed by atoms with Gasteiger partial charge in [-0.1, -0.05) is 37.3 Å². The van der Waals surface area contributed by atoms with Gasteiger partial charge in [0.15, 0.2) is 0 Å². The standard InChI is InChI=1S/C32H33N3O3/c1-4-24-10-12-26(13-11-24)31(36)33-18-20-34(21-19-33)32(37)29-22-30(25-14-16-28(38-3)17-15-25)35(23(29)2)27-8-6-5-7-9-27/h5-17,22H,4,18-21H2,1-3H3. The van der Waals surface area contributed by atoms with E-state index in [0.717, 1.165) is 34.8 Å². The van der Waals surface area contributed by atoms with Gasteiger partial charge < -0.3 is 19.1 Å². The predicted octanol–water partition coefficient (Wildman–Crippen LogP) is 5.62. The average Bonchev–Trinajstić information content (AvgIpc) is 3.33. The number of ether oxygens (including phenoxy) is 1. The molecule has 4 aromatic rings. The first-order valence-electron chi connectivity index (χ1n) is 13.1. The number of para-hydroxylation sites is 1. The highest BCUT2D eigenvalue weighted by Crippen LogP contribution is 2.31. The first-order valence-corrected chi connectivity index (χ1v) is 13.1. The lowest BCUT2D eigenvalue weighted by molar-refractivity contribution is 0.0535. The number of hydrogen-bond donors (Lipinski definition) is 0. The van der Waals surface area contributed by atoms with Crippen LogP contribution in [0.2, 0.25) is 0 Å². The summed E-state index contributed by atoms with van der Waals surface area (Å²) in [6, 6.07) is 27.8. The van der Waals surface area contributed by atoms with Crippen LogP contribution in [0.15, 0.2) is 84.9 Å². The Balaban J connectivity index is 1.38. The number of carbonyl (C=O) groups is 2. The molecule has 0 unspecified atom stereocenters. The molecule has 5 rings (SSSR count). The minimum absolute atomic E-state index is 0.00802. The molecule has 0 N–H and O–H groups in total. The number of amides is 2. The fraction of sp³-hybridized carbons (Fsp3) is 0.250. The highest BCUT2D eigenvalue weighted by Gasteiger charge is 2.28. The molecule has 1 saturated heterocycles. The van der Waals surface area contributed by atoms with Crippen LogP contribution < -0.4 is 4.74 Å². The van der Waals surface area contributed by atoms with Gasteiger partial charge in [0.25, 0.3) is 11.8 Å². The molecule has 0 saturated carbocycles. The van der Waals surface area contributed by atoms with Crippen LogP contribution in [0.4, 0.5) is 0 Å². The van der Waals surface area contributed by atoms with Crippen LogP contribution in [-0.4, -0.2) is 59.5 Å². The van der Waals surface area contributed by atoms with Gasteiger partial charge in [-0.25, -0.2) is 0 Å². The lowest BCUT2D eigenvalue weighted by atomic mass is 10.1. The molecule has 0 aliphatic carbocycles. The van der Waals surface area contributed by atoms with Gasteiger partial charge in [0.1, 0.15) is 5.75 Å². The zero-order chi connectivity index (χ0) is 26.6. The van der Waals surface area contributed by atoms with Gasteiger partial charge in [-0.15, -0.1) is 0 Å². The van der Waals surface area contributed by atoms with Crippen LogP contribution in [0.25, 0.3) is 16.9 Å². The van der Waals surface area contributed by atoms with E-state index in [0.29, 0.717) is 37.3 Å². The number of aromatic nitrogens is 1. The highest BCUT2D eigenvalue weighted by molar-refractivity contribution is 5.98. The van der Waals surface area contributed by atoms with Crippen molar-refractivity contribution in [3.8, 4) is 22.7 Å². The van der Waals surface area contributed by atoms with E-state index in [-0.39, 0.29) is 11.8 Å². The van der Waals surface area contributed by atoms with Crippen molar-refractivity contribution in [2.45, 2.75) is 20.3 Å². The predicted molar refractivity (Wildman–Crippen MR) is 150 cm³/mol. The number of benzene rings is 3. The fourth-order valence-corrected chi connectivity index (χ4v) is 5.06. The van der Waals surface area contributed by atoms with Gasteiger partial charge in [-0.3, -0.25) is 9.59 Å². The Morgan fingerprint density at radius 1 is 0.789 bits per heavy atom. The Labute approximate surface area is 224 Å². The summed E-state index contributed by atoms with van der Waals surface area (Å²) < 4.78 is 7.47. The first kappa shape index (κ1) is 25.3. The van der Waals surface area contributed by atoms with E-state index >= 15 is 0 Å². The van der Waals surface area contributed by atoms with Crippen molar-refractivity contribution in [3.05, 3.63) is 107 Å². The molecule has 1 aliphatic rings. The topological polar surface area (TPSA) is 54.8 Å². The molecule has 3 aromatic carbocycles. The second kappa shape index (κ2) is 11.0. The van der Waals surface area contributed by atoms with Crippen LogP contribution in [0.5, 0.6) is 5.75 Å². The molecule has 2 heterocycles. The Kier molecular flexibility index (Phi) is 7.31. The Hall–Kier alpha value is -4.32. The van der Waals surface area contributed by atoms with E-state index in [4.69, 9.17) is 4.74 Å². The number of methoxy groups -OCH3 is 1. The average molecular weight is 508 g/mol. The summed E-state index contributed by atoms with van der Waals surface area (Å²) in [6.07, 6.45) is 0.945. The van der Waals surface area contributed by atoms with Gasteiger partial charge in [-0.05, 0) is 79.1 Å². The second-order valence-electron chi connectivity index (χ2n) is 9.56.